The summed E-state index contributed by atoms with van der Waals surface area (Å²) in [4.78, 5) is 37.7. The van der Waals surface area contributed by atoms with Crippen LogP contribution in [0.25, 0.3) is 10.4 Å². The van der Waals surface area contributed by atoms with Crippen molar-refractivity contribution >= 4 is 29.0 Å². The van der Waals surface area contributed by atoms with Crippen molar-refractivity contribution in [1.82, 2.24) is 20.2 Å². The Morgan fingerprint density at radius 3 is 2.75 bits per heavy atom. The van der Waals surface area contributed by atoms with Crippen LogP contribution in [-0.2, 0) is 0 Å². The van der Waals surface area contributed by atoms with Crippen LogP contribution in [0, 0.1) is 6.92 Å². The second-order valence-electron chi connectivity index (χ2n) is 8.91. The number of nitrogens with zero attached hydrogens (tertiary/aromatic N) is 3. The van der Waals surface area contributed by atoms with Crippen molar-refractivity contribution in [1.29, 1.82) is 0 Å². The standard InChI is InChI=1S/C23H31N5O3S/c1-5-13(3)25-18-9-12(2)15(11-24-18)20-19(23(31)28-8-6-7-14(28)4)27-22(32-20)21(30)26-16-10-17(16)29/h9,11,13-14,16-17,29H,5-8,10H2,1-4H3,(H,24,25)(H,26,30)/t13-,14+,16-,17+/m1/s1. The number of pyridine rings is 1. The van der Waals surface area contributed by atoms with Gasteiger partial charge in [-0.2, -0.15) is 0 Å². The molecular weight excluding hydrogens is 426 g/mol. The molecule has 3 heterocycles. The van der Waals surface area contributed by atoms with E-state index in [0.717, 1.165) is 36.2 Å². The van der Waals surface area contributed by atoms with Gasteiger partial charge in [0.25, 0.3) is 11.8 Å². The summed E-state index contributed by atoms with van der Waals surface area (Å²) in [5.74, 6) is 0.284. The van der Waals surface area contributed by atoms with E-state index in [1.807, 2.05) is 24.8 Å². The summed E-state index contributed by atoms with van der Waals surface area (Å²) >= 11 is 1.21. The minimum absolute atomic E-state index is 0.145. The average Bonchev–Trinajstić information content (AvgIpc) is 3.14. The Hall–Kier alpha value is -2.52. The highest BCUT2D eigenvalue weighted by atomic mass is 32.1. The quantitative estimate of drug-likeness (QED) is 0.589. The normalized spacial score (nSPS) is 23.2. The highest BCUT2D eigenvalue weighted by Gasteiger charge is 2.38. The van der Waals surface area contributed by atoms with Gasteiger partial charge in [0, 0.05) is 30.4 Å². The summed E-state index contributed by atoms with van der Waals surface area (Å²) in [6.07, 6.45) is 4.73. The second-order valence-corrected chi connectivity index (χ2v) is 9.91. The number of aromatic nitrogens is 2. The number of rotatable bonds is 7. The number of hydrogen-bond donors (Lipinski definition) is 3. The average molecular weight is 458 g/mol. The minimum atomic E-state index is -0.498. The maximum absolute atomic E-state index is 13.4. The van der Waals surface area contributed by atoms with Crippen molar-refractivity contribution < 1.29 is 14.7 Å². The van der Waals surface area contributed by atoms with E-state index in [9.17, 15) is 14.7 Å². The zero-order chi connectivity index (χ0) is 23.0. The summed E-state index contributed by atoms with van der Waals surface area (Å²) in [5.41, 5.74) is 2.07. The van der Waals surface area contributed by atoms with Gasteiger partial charge in [0.2, 0.25) is 0 Å². The van der Waals surface area contributed by atoms with Gasteiger partial charge in [-0.1, -0.05) is 6.92 Å². The van der Waals surface area contributed by atoms with Gasteiger partial charge >= 0.3 is 0 Å². The number of aryl methyl sites for hydroxylation is 1. The Morgan fingerprint density at radius 2 is 2.16 bits per heavy atom. The third-order valence-corrected chi connectivity index (χ3v) is 7.36. The first kappa shape index (κ1) is 22.7. The summed E-state index contributed by atoms with van der Waals surface area (Å²) in [6.45, 7) is 8.93. The van der Waals surface area contributed by atoms with Crippen LogP contribution in [-0.4, -0.2) is 62.6 Å². The number of amides is 2. The van der Waals surface area contributed by atoms with E-state index in [1.165, 1.54) is 11.3 Å². The molecule has 9 heteroatoms. The molecule has 0 bridgehead atoms. The topological polar surface area (TPSA) is 107 Å². The molecule has 1 aliphatic heterocycles. The van der Waals surface area contributed by atoms with Crippen LogP contribution < -0.4 is 10.6 Å². The van der Waals surface area contributed by atoms with Crippen molar-refractivity contribution in [2.24, 2.45) is 0 Å². The number of anilines is 1. The van der Waals surface area contributed by atoms with Crippen molar-refractivity contribution in [3.05, 3.63) is 28.5 Å². The lowest BCUT2D eigenvalue weighted by Crippen LogP contribution is -2.34. The molecule has 32 heavy (non-hydrogen) atoms. The molecule has 0 spiro atoms. The van der Waals surface area contributed by atoms with E-state index < -0.39 is 6.10 Å². The number of aliphatic hydroxyl groups is 1. The predicted molar refractivity (Wildman–Crippen MR) is 125 cm³/mol. The van der Waals surface area contributed by atoms with Gasteiger partial charge < -0.3 is 20.6 Å². The van der Waals surface area contributed by atoms with E-state index in [4.69, 9.17) is 0 Å². The van der Waals surface area contributed by atoms with Crippen LogP contribution in [0.3, 0.4) is 0 Å². The molecule has 0 unspecified atom stereocenters. The number of carbonyl (C=O) groups is 2. The monoisotopic (exact) mass is 457 g/mol. The van der Waals surface area contributed by atoms with Crippen LogP contribution in [0.15, 0.2) is 12.3 Å². The number of hydrogen-bond acceptors (Lipinski definition) is 7. The van der Waals surface area contributed by atoms with Gasteiger partial charge in [-0.25, -0.2) is 9.97 Å². The Kier molecular flexibility index (Phi) is 6.48. The first-order valence-electron chi connectivity index (χ1n) is 11.3. The van der Waals surface area contributed by atoms with Crippen molar-refractivity contribution in [3.63, 3.8) is 0 Å². The molecule has 172 valence electrons. The van der Waals surface area contributed by atoms with Crippen LogP contribution in [0.4, 0.5) is 5.82 Å². The summed E-state index contributed by atoms with van der Waals surface area (Å²) in [7, 11) is 0. The van der Waals surface area contributed by atoms with Gasteiger partial charge in [-0.3, -0.25) is 9.59 Å². The smallest absolute Gasteiger partial charge is 0.280 e. The Bertz CT molecular complexity index is 1020. The number of nitrogens with one attached hydrogen (secondary N) is 2. The third-order valence-electron chi connectivity index (χ3n) is 6.27. The molecule has 4 atom stereocenters. The fourth-order valence-electron chi connectivity index (χ4n) is 3.91. The van der Waals surface area contributed by atoms with Crippen LogP contribution in [0.5, 0.6) is 0 Å². The molecule has 8 nitrogen and oxygen atoms in total. The highest BCUT2D eigenvalue weighted by Crippen LogP contribution is 2.35. The van der Waals surface area contributed by atoms with Crippen molar-refractivity contribution in [2.45, 2.75) is 77.6 Å². The lowest BCUT2D eigenvalue weighted by Gasteiger charge is -2.21. The highest BCUT2D eigenvalue weighted by molar-refractivity contribution is 7.17. The summed E-state index contributed by atoms with van der Waals surface area (Å²) in [5, 5.41) is 15.9. The molecule has 0 aromatic carbocycles. The number of thiazole rings is 1. The molecule has 2 aromatic heterocycles. The van der Waals surface area contributed by atoms with Gasteiger partial charge in [-0.05, 0) is 58.1 Å². The van der Waals surface area contributed by atoms with Crippen LogP contribution >= 0.6 is 11.3 Å². The van der Waals surface area contributed by atoms with Crippen molar-refractivity contribution in [2.75, 3.05) is 11.9 Å². The Morgan fingerprint density at radius 1 is 1.41 bits per heavy atom. The Labute approximate surface area is 192 Å². The van der Waals surface area contributed by atoms with E-state index in [0.29, 0.717) is 29.6 Å². The fourth-order valence-corrected chi connectivity index (χ4v) is 4.94. The van der Waals surface area contributed by atoms with E-state index >= 15 is 0 Å². The van der Waals surface area contributed by atoms with E-state index in [1.54, 1.807) is 6.20 Å². The van der Waals surface area contributed by atoms with Gasteiger partial charge in [0.15, 0.2) is 5.01 Å². The largest absolute Gasteiger partial charge is 0.391 e. The van der Waals surface area contributed by atoms with Gasteiger partial charge in [0.1, 0.15) is 11.5 Å². The Balaban J connectivity index is 1.69. The third kappa shape index (κ3) is 4.63. The molecule has 2 fully saturated rings. The molecule has 3 N–H and O–H groups in total. The minimum Gasteiger partial charge on any atom is -0.391 e. The first-order chi connectivity index (χ1) is 15.3. The van der Waals surface area contributed by atoms with Gasteiger partial charge in [0.05, 0.1) is 17.0 Å². The zero-order valence-electron chi connectivity index (χ0n) is 19.0. The second kappa shape index (κ2) is 9.15. The fraction of sp³-hybridized carbons (Fsp3) is 0.565. The SMILES string of the molecule is CC[C@@H](C)Nc1cc(C)c(-c2sc(C(=O)N[C@@H]3C[C@@H]3O)nc2C(=O)N2CCC[C@@H]2C)cn1. The van der Waals surface area contributed by atoms with Crippen LogP contribution in [0.1, 0.15) is 72.3 Å². The van der Waals surface area contributed by atoms with E-state index in [-0.39, 0.29) is 28.9 Å². The zero-order valence-corrected chi connectivity index (χ0v) is 19.8. The summed E-state index contributed by atoms with van der Waals surface area (Å²) in [6, 6.07) is 2.19. The number of aliphatic hydroxyl groups excluding tert-OH is 1. The lowest BCUT2D eigenvalue weighted by atomic mass is 10.1. The molecular formula is C23H31N5O3S. The van der Waals surface area contributed by atoms with Crippen molar-refractivity contribution in [3.8, 4) is 10.4 Å². The molecule has 2 aromatic rings. The number of likely N-dealkylation sites (tertiary alicyclic amines) is 1. The molecule has 1 saturated heterocycles. The maximum atomic E-state index is 13.4. The maximum Gasteiger partial charge on any atom is 0.280 e. The number of carbonyl (C=O) groups excluding carboxylic acids is 2. The lowest BCUT2D eigenvalue weighted by molar-refractivity contribution is 0.0743. The summed E-state index contributed by atoms with van der Waals surface area (Å²) < 4.78 is 0. The molecule has 1 aliphatic carbocycles. The predicted octanol–water partition coefficient (Wildman–Crippen LogP) is 3.21. The molecule has 2 aliphatic rings. The molecule has 0 radical (unpaired) electrons. The van der Waals surface area contributed by atoms with Crippen LogP contribution in [0.2, 0.25) is 0 Å². The van der Waals surface area contributed by atoms with E-state index in [2.05, 4.69) is 34.4 Å². The molecule has 4 rings (SSSR count). The molecule has 2 amide bonds. The first-order valence-corrected chi connectivity index (χ1v) is 12.1. The van der Waals surface area contributed by atoms with Gasteiger partial charge in [-0.15, -0.1) is 11.3 Å². The molecule has 1 saturated carbocycles.